The molecular formula is C16H25NO3. The molecule has 1 heterocycles. The van der Waals surface area contributed by atoms with Gasteiger partial charge in [0.05, 0.1) is 14.2 Å². The third-order valence-electron chi connectivity index (χ3n) is 3.93. The molecule has 0 aromatic heterocycles. The highest BCUT2D eigenvalue weighted by Gasteiger charge is 2.16. The molecule has 0 bridgehead atoms. The highest BCUT2D eigenvalue weighted by molar-refractivity contribution is 5.42. The maximum absolute atomic E-state index is 5.45. The molecule has 0 saturated carbocycles. The van der Waals surface area contributed by atoms with Gasteiger partial charge in [-0.3, -0.25) is 0 Å². The zero-order valence-corrected chi connectivity index (χ0v) is 12.6. The van der Waals surface area contributed by atoms with Crippen molar-refractivity contribution in [2.45, 2.75) is 25.8 Å². The Morgan fingerprint density at radius 1 is 1.35 bits per heavy atom. The predicted molar refractivity (Wildman–Crippen MR) is 79.5 cm³/mol. The summed E-state index contributed by atoms with van der Waals surface area (Å²) in [5.41, 5.74) is 1.16. The molecule has 0 radical (unpaired) electrons. The second-order valence-electron chi connectivity index (χ2n) is 5.30. The molecule has 4 nitrogen and oxygen atoms in total. The Bertz CT molecular complexity index is 416. The lowest BCUT2D eigenvalue weighted by atomic mass is 10.0. The summed E-state index contributed by atoms with van der Waals surface area (Å²) in [6.07, 6.45) is 2.37. The van der Waals surface area contributed by atoms with Crippen LogP contribution in [-0.4, -0.2) is 34.0 Å². The van der Waals surface area contributed by atoms with E-state index in [4.69, 9.17) is 14.2 Å². The minimum absolute atomic E-state index is 0.262. The van der Waals surface area contributed by atoms with Crippen LogP contribution >= 0.6 is 0 Å². The second-order valence-corrected chi connectivity index (χ2v) is 5.30. The zero-order valence-electron chi connectivity index (χ0n) is 12.6. The molecule has 2 unspecified atom stereocenters. The van der Waals surface area contributed by atoms with E-state index in [-0.39, 0.29) is 6.04 Å². The zero-order chi connectivity index (χ0) is 14.4. The molecule has 0 amide bonds. The number of hydrogen-bond donors (Lipinski definition) is 1. The van der Waals surface area contributed by atoms with Crippen molar-refractivity contribution in [1.82, 2.24) is 5.32 Å². The summed E-state index contributed by atoms with van der Waals surface area (Å²) in [6.45, 7) is 5.01. The van der Waals surface area contributed by atoms with Crippen LogP contribution in [-0.2, 0) is 4.74 Å². The van der Waals surface area contributed by atoms with Gasteiger partial charge in [-0.05, 0) is 38.3 Å². The first-order valence-electron chi connectivity index (χ1n) is 7.27. The van der Waals surface area contributed by atoms with E-state index in [1.807, 2.05) is 12.1 Å². The lowest BCUT2D eigenvalue weighted by Gasteiger charge is -2.19. The molecule has 1 aromatic rings. The Balaban J connectivity index is 1.88. The average molecular weight is 279 g/mol. The third-order valence-corrected chi connectivity index (χ3v) is 3.93. The van der Waals surface area contributed by atoms with Crippen LogP contribution in [0.15, 0.2) is 18.2 Å². The fourth-order valence-electron chi connectivity index (χ4n) is 2.60. The van der Waals surface area contributed by atoms with Crippen molar-refractivity contribution >= 4 is 0 Å². The monoisotopic (exact) mass is 279 g/mol. The van der Waals surface area contributed by atoms with Crippen molar-refractivity contribution in [3.05, 3.63) is 23.8 Å². The van der Waals surface area contributed by atoms with Gasteiger partial charge in [0.1, 0.15) is 11.5 Å². The Labute approximate surface area is 121 Å². The number of rotatable bonds is 7. The van der Waals surface area contributed by atoms with Crippen molar-refractivity contribution in [2.75, 3.05) is 34.0 Å². The highest BCUT2D eigenvalue weighted by Crippen LogP contribution is 2.29. The number of methoxy groups -OCH3 is 2. The summed E-state index contributed by atoms with van der Waals surface area (Å²) in [7, 11) is 3.36. The maximum Gasteiger partial charge on any atom is 0.127 e. The summed E-state index contributed by atoms with van der Waals surface area (Å²) in [5.74, 6) is 2.40. The molecule has 112 valence electrons. The van der Waals surface area contributed by atoms with Crippen LogP contribution < -0.4 is 14.8 Å². The number of nitrogens with one attached hydrogen (secondary N) is 1. The number of benzene rings is 1. The molecule has 0 aliphatic carbocycles. The SMILES string of the molecule is COc1ccc(C(C)NCCC2CCOC2)c(OC)c1. The Morgan fingerprint density at radius 2 is 2.20 bits per heavy atom. The summed E-state index contributed by atoms with van der Waals surface area (Å²) < 4.78 is 16.1. The van der Waals surface area contributed by atoms with Crippen molar-refractivity contribution in [3.63, 3.8) is 0 Å². The van der Waals surface area contributed by atoms with Gasteiger partial charge < -0.3 is 19.5 Å². The van der Waals surface area contributed by atoms with Crippen molar-refractivity contribution in [2.24, 2.45) is 5.92 Å². The summed E-state index contributed by atoms with van der Waals surface area (Å²) in [6, 6.07) is 6.23. The minimum atomic E-state index is 0.262. The van der Waals surface area contributed by atoms with E-state index >= 15 is 0 Å². The normalized spacial score (nSPS) is 19.9. The van der Waals surface area contributed by atoms with Gasteiger partial charge in [-0.15, -0.1) is 0 Å². The second kappa shape index (κ2) is 7.50. The molecule has 1 saturated heterocycles. The van der Waals surface area contributed by atoms with Crippen LogP contribution in [0.3, 0.4) is 0 Å². The van der Waals surface area contributed by atoms with E-state index in [0.29, 0.717) is 5.92 Å². The van der Waals surface area contributed by atoms with Gasteiger partial charge >= 0.3 is 0 Å². The standard InChI is InChI=1S/C16H25NO3/c1-12(17-8-6-13-7-9-20-11-13)15-5-4-14(18-2)10-16(15)19-3/h4-5,10,12-13,17H,6-9,11H2,1-3H3. The Kier molecular flexibility index (Phi) is 5.68. The smallest absolute Gasteiger partial charge is 0.127 e. The highest BCUT2D eigenvalue weighted by atomic mass is 16.5. The molecule has 1 aromatic carbocycles. The van der Waals surface area contributed by atoms with Gasteiger partial charge in [0, 0.05) is 30.9 Å². The quantitative estimate of drug-likeness (QED) is 0.833. The van der Waals surface area contributed by atoms with E-state index in [2.05, 4.69) is 18.3 Å². The van der Waals surface area contributed by atoms with Gasteiger partial charge in [0.25, 0.3) is 0 Å². The van der Waals surface area contributed by atoms with Crippen LogP contribution in [0.2, 0.25) is 0 Å². The molecular weight excluding hydrogens is 254 g/mol. The molecule has 1 fully saturated rings. The Morgan fingerprint density at radius 3 is 2.85 bits per heavy atom. The van der Waals surface area contributed by atoms with Gasteiger partial charge in [-0.1, -0.05) is 6.07 Å². The summed E-state index contributed by atoms with van der Waals surface area (Å²) in [5, 5.41) is 3.56. The van der Waals surface area contributed by atoms with Crippen molar-refractivity contribution in [3.8, 4) is 11.5 Å². The number of hydrogen-bond acceptors (Lipinski definition) is 4. The van der Waals surface area contributed by atoms with E-state index in [1.54, 1.807) is 14.2 Å². The first kappa shape index (κ1) is 15.1. The molecule has 4 heteroatoms. The topological polar surface area (TPSA) is 39.7 Å². The Hall–Kier alpha value is -1.26. The first-order valence-corrected chi connectivity index (χ1v) is 7.27. The molecule has 1 aliphatic heterocycles. The first-order chi connectivity index (χ1) is 9.74. The summed E-state index contributed by atoms with van der Waals surface area (Å²) >= 11 is 0. The molecule has 1 aliphatic rings. The fraction of sp³-hybridized carbons (Fsp3) is 0.625. The minimum Gasteiger partial charge on any atom is -0.497 e. The molecule has 2 rings (SSSR count). The number of ether oxygens (including phenoxy) is 3. The van der Waals surface area contributed by atoms with Crippen molar-refractivity contribution < 1.29 is 14.2 Å². The van der Waals surface area contributed by atoms with Crippen LogP contribution in [0.1, 0.15) is 31.4 Å². The van der Waals surface area contributed by atoms with E-state index < -0.39 is 0 Å². The lowest BCUT2D eigenvalue weighted by molar-refractivity contribution is 0.184. The van der Waals surface area contributed by atoms with Crippen LogP contribution in [0.5, 0.6) is 11.5 Å². The molecule has 2 atom stereocenters. The largest absolute Gasteiger partial charge is 0.497 e. The molecule has 1 N–H and O–H groups in total. The van der Waals surface area contributed by atoms with Crippen LogP contribution in [0, 0.1) is 5.92 Å². The summed E-state index contributed by atoms with van der Waals surface area (Å²) in [4.78, 5) is 0. The third kappa shape index (κ3) is 3.87. The van der Waals surface area contributed by atoms with E-state index in [0.717, 1.165) is 36.8 Å². The van der Waals surface area contributed by atoms with Gasteiger partial charge in [-0.2, -0.15) is 0 Å². The fourth-order valence-corrected chi connectivity index (χ4v) is 2.60. The van der Waals surface area contributed by atoms with Crippen LogP contribution in [0.25, 0.3) is 0 Å². The average Bonchev–Trinajstić information content (AvgIpc) is 2.99. The predicted octanol–water partition coefficient (Wildman–Crippen LogP) is 2.78. The van der Waals surface area contributed by atoms with E-state index in [1.165, 1.54) is 12.8 Å². The molecule has 0 spiro atoms. The lowest BCUT2D eigenvalue weighted by Crippen LogP contribution is -2.22. The van der Waals surface area contributed by atoms with Gasteiger partial charge in [0.15, 0.2) is 0 Å². The van der Waals surface area contributed by atoms with E-state index in [9.17, 15) is 0 Å². The van der Waals surface area contributed by atoms with Gasteiger partial charge in [-0.25, -0.2) is 0 Å². The van der Waals surface area contributed by atoms with Crippen molar-refractivity contribution in [1.29, 1.82) is 0 Å². The van der Waals surface area contributed by atoms with Gasteiger partial charge in [0.2, 0.25) is 0 Å². The van der Waals surface area contributed by atoms with Crippen LogP contribution in [0.4, 0.5) is 0 Å². The molecule has 20 heavy (non-hydrogen) atoms. The maximum atomic E-state index is 5.45.